The van der Waals surface area contributed by atoms with Gasteiger partial charge in [0.15, 0.2) is 11.5 Å². The molecule has 202 valence electrons. The van der Waals surface area contributed by atoms with Crippen LogP contribution in [0.5, 0.6) is 11.5 Å². The van der Waals surface area contributed by atoms with Crippen LogP contribution >= 0.6 is 0 Å². The number of rotatable bonds is 5. The highest BCUT2D eigenvalue weighted by atomic mass is 16.6. The Morgan fingerprint density at radius 2 is 1.23 bits per heavy atom. The van der Waals surface area contributed by atoms with Gasteiger partial charge in [0.25, 0.3) is 0 Å². The van der Waals surface area contributed by atoms with E-state index in [9.17, 15) is 30.4 Å². The molecule has 4 aromatic rings. The van der Waals surface area contributed by atoms with Crippen LogP contribution in [0.15, 0.2) is 72.8 Å². The molecule has 6 rings (SSSR count). The number of aromatic hydroxyl groups is 2. The second-order valence-corrected chi connectivity index (χ2v) is 10.9. The van der Waals surface area contributed by atoms with Crippen LogP contribution < -0.4 is 0 Å². The molecule has 2 N–H and O–H groups in total. The molecular formula is C32H28N2O6. The van der Waals surface area contributed by atoms with Crippen LogP contribution in [-0.2, 0) is 5.41 Å². The minimum atomic E-state index is -1.17. The lowest BCUT2D eigenvalue weighted by atomic mass is 9.66. The number of hydrogen-bond acceptors (Lipinski definition) is 6. The van der Waals surface area contributed by atoms with Crippen molar-refractivity contribution in [2.75, 3.05) is 0 Å². The third kappa shape index (κ3) is 3.82. The van der Waals surface area contributed by atoms with E-state index >= 15 is 0 Å². The van der Waals surface area contributed by atoms with E-state index in [0.717, 1.165) is 53.5 Å². The van der Waals surface area contributed by atoms with Crippen LogP contribution in [0.4, 0.5) is 11.4 Å². The number of benzene rings is 4. The maximum Gasteiger partial charge on any atom is 0.311 e. The SMILES string of the molecule is Cc1ccc2c(c1)C(c1ccc(O)c([N+](=O)[O-])c1)(c1ccc(O)c([N+](=O)[O-])c1)c1cc(C3CCCCC3)ccc1-2. The van der Waals surface area contributed by atoms with Crippen LogP contribution in [-0.4, -0.2) is 20.1 Å². The molecule has 1 saturated carbocycles. The van der Waals surface area contributed by atoms with Gasteiger partial charge >= 0.3 is 11.4 Å². The number of phenolic OH excluding ortho intramolecular Hbond substituents is 2. The Morgan fingerprint density at radius 3 is 1.77 bits per heavy atom. The Labute approximate surface area is 230 Å². The fourth-order valence-electron chi connectivity index (χ4n) is 6.74. The van der Waals surface area contributed by atoms with E-state index in [1.165, 1.54) is 36.2 Å². The van der Waals surface area contributed by atoms with E-state index in [-0.39, 0.29) is 0 Å². The first kappa shape index (κ1) is 25.6. The predicted octanol–water partition coefficient (Wildman–Crippen LogP) is 7.63. The van der Waals surface area contributed by atoms with Gasteiger partial charge in [-0.1, -0.05) is 73.4 Å². The monoisotopic (exact) mass is 536 g/mol. The zero-order valence-corrected chi connectivity index (χ0v) is 22.0. The second kappa shape index (κ2) is 9.48. The van der Waals surface area contributed by atoms with E-state index in [4.69, 9.17) is 0 Å². The highest BCUT2D eigenvalue weighted by Gasteiger charge is 2.48. The van der Waals surface area contributed by atoms with Gasteiger partial charge in [0, 0.05) is 12.1 Å². The Morgan fingerprint density at radius 1 is 0.700 bits per heavy atom. The second-order valence-electron chi connectivity index (χ2n) is 10.9. The molecule has 0 spiro atoms. The Bertz CT molecular complexity index is 1630. The predicted molar refractivity (Wildman–Crippen MR) is 151 cm³/mol. The van der Waals surface area contributed by atoms with E-state index in [0.29, 0.717) is 17.0 Å². The van der Waals surface area contributed by atoms with Gasteiger partial charge in [-0.05, 0) is 76.8 Å². The molecule has 0 aliphatic heterocycles. The molecule has 2 aliphatic rings. The lowest BCUT2D eigenvalue weighted by molar-refractivity contribution is -0.386. The molecule has 0 radical (unpaired) electrons. The molecule has 8 heteroatoms. The summed E-state index contributed by atoms with van der Waals surface area (Å²) >= 11 is 0. The van der Waals surface area contributed by atoms with Gasteiger partial charge in [-0.25, -0.2) is 0 Å². The summed E-state index contributed by atoms with van der Waals surface area (Å²) in [4.78, 5) is 22.6. The third-order valence-corrected chi connectivity index (χ3v) is 8.60. The number of aryl methyl sites for hydroxylation is 1. The molecule has 0 unspecified atom stereocenters. The Balaban J connectivity index is 1.75. The van der Waals surface area contributed by atoms with Crippen molar-refractivity contribution in [3.63, 3.8) is 0 Å². The summed E-state index contributed by atoms with van der Waals surface area (Å²) in [5.41, 5.74) is 4.67. The third-order valence-electron chi connectivity index (χ3n) is 8.60. The highest BCUT2D eigenvalue weighted by Crippen LogP contribution is 2.58. The van der Waals surface area contributed by atoms with Gasteiger partial charge < -0.3 is 10.2 Å². The summed E-state index contributed by atoms with van der Waals surface area (Å²) in [5.74, 6) is -0.538. The number of hydrogen-bond donors (Lipinski definition) is 2. The first-order valence-corrected chi connectivity index (χ1v) is 13.4. The molecule has 1 fully saturated rings. The van der Waals surface area contributed by atoms with Gasteiger partial charge in [-0.3, -0.25) is 20.2 Å². The average Bonchev–Trinajstić information content (AvgIpc) is 3.23. The van der Waals surface area contributed by atoms with Crippen LogP contribution in [0.2, 0.25) is 0 Å². The molecule has 0 saturated heterocycles. The first-order chi connectivity index (χ1) is 19.2. The molecular weight excluding hydrogens is 508 g/mol. The molecule has 0 heterocycles. The zero-order valence-electron chi connectivity index (χ0n) is 22.0. The van der Waals surface area contributed by atoms with Crippen molar-refractivity contribution in [2.24, 2.45) is 0 Å². The normalized spacial score (nSPS) is 15.8. The summed E-state index contributed by atoms with van der Waals surface area (Å²) in [7, 11) is 0. The van der Waals surface area contributed by atoms with Crippen molar-refractivity contribution in [1.82, 2.24) is 0 Å². The summed E-state index contributed by atoms with van der Waals surface area (Å²) < 4.78 is 0. The molecule has 0 bridgehead atoms. The van der Waals surface area contributed by atoms with Gasteiger partial charge in [0.2, 0.25) is 0 Å². The van der Waals surface area contributed by atoms with Gasteiger partial charge in [-0.15, -0.1) is 0 Å². The lowest BCUT2D eigenvalue weighted by Gasteiger charge is -2.34. The van der Waals surface area contributed by atoms with E-state index in [1.807, 2.05) is 25.1 Å². The summed E-state index contributed by atoms with van der Waals surface area (Å²) in [6.45, 7) is 1.96. The molecule has 4 aromatic carbocycles. The molecule has 0 atom stereocenters. The maximum atomic E-state index is 11.9. The Hall–Kier alpha value is -4.72. The summed E-state index contributed by atoms with van der Waals surface area (Å²) in [6, 6.07) is 21.1. The fraction of sp³-hybridized carbons (Fsp3) is 0.250. The number of fused-ring (bicyclic) bond motifs is 3. The van der Waals surface area contributed by atoms with Gasteiger partial charge in [0.1, 0.15) is 0 Å². The minimum absolute atomic E-state index is 0.380. The number of nitro benzene ring substituents is 2. The minimum Gasteiger partial charge on any atom is -0.502 e. The molecule has 0 amide bonds. The van der Waals surface area contributed by atoms with Crippen LogP contribution in [0.3, 0.4) is 0 Å². The van der Waals surface area contributed by atoms with Crippen molar-refractivity contribution in [1.29, 1.82) is 0 Å². The standard InChI is InChI=1S/C32H28N2O6/c1-19-7-11-24-25-12-8-21(20-5-3-2-4-6-20)16-27(25)32(26(24)15-19,22-9-13-30(35)28(17-22)33(37)38)23-10-14-31(36)29(18-23)34(39)40/h7-18,20,35-36H,2-6H2,1H3. The molecule has 8 nitrogen and oxygen atoms in total. The number of nitrogens with zero attached hydrogens (tertiary/aromatic N) is 2. The smallest absolute Gasteiger partial charge is 0.311 e. The van der Waals surface area contributed by atoms with E-state index < -0.39 is 38.1 Å². The average molecular weight is 537 g/mol. The zero-order chi connectivity index (χ0) is 28.2. The van der Waals surface area contributed by atoms with Crippen LogP contribution in [0.25, 0.3) is 11.1 Å². The van der Waals surface area contributed by atoms with E-state index in [1.54, 1.807) is 12.1 Å². The van der Waals surface area contributed by atoms with Crippen LogP contribution in [0.1, 0.15) is 71.4 Å². The van der Waals surface area contributed by atoms with Crippen molar-refractivity contribution < 1.29 is 20.1 Å². The fourth-order valence-corrected chi connectivity index (χ4v) is 6.74. The topological polar surface area (TPSA) is 127 Å². The lowest BCUT2D eigenvalue weighted by Crippen LogP contribution is -2.29. The largest absolute Gasteiger partial charge is 0.502 e. The van der Waals surface area contributed by atoms with Crippen molar-refractivity contribution >= 4 is 11.4 Å². The highest BCUT2D eigenvalue weighted by molar-refractivity contribution is 5.87. The van der Waals surface area contributed by atoms with Crippen molar-refractivity contribution in [3.05, 3.63) is 126 Å². The van der Waals surface area contributed by atoms with Crippen LogP contribution in [0, 0.1) is 27.2 Å². The van der Waals surface area contributed by atoms with E-state index in [2.05, 4.69) is 18.2 Å². The van der Waals surface area contributed by atoms with Crippen molar-refractivity contribution in [3.8, 4) is 22.6 Å². The Kier molecular flexibility index (Phi) is 6.06. The number of nitro groups is 2. The van der Waals surface area contributed by atoms with Gasteiger partial charge in [-0.2, -0.15) is 0 Å². The maximum absolute atomic E-state index is 11.9. The molecule has 0 aromatic heterocycles. The molecule has 40 heavy (non-hydrogen) atoms. The first-order valence-electron chi connectivity index (χ1n) is 13.4. The summed E-state index contributed by atoms with van der Waals surface area (Å²) in [6.07, 6.45) is 5.67. The quantitative estimate of drug-likeness (QED) is 0.176. The molecule has 2 aliphatic carbocycles. The van der Waals surface area contributed by atoms with Gasteiger partial charge in [0.05, 0.1) is 15.3 Å². The summed E-state index contributed by atoms with van der Waals surface area (Å²) in [5, 5.41) is 44.6. The number of phenols is 2. The van der Waals surface area contributed by atoms with Crippen molar-refractivity contribution in [2.45, 2.75) is 50.4 Å².